The zero-order valence-corrected chi connectivity index (χ0v) is 4.15. The number of aliphatic hydroxyl groups excluding tert-OH is 2. The van der Waals surface area contributed by atoms with Crippen molar-refractivity contribution in [1.82, 2.24) is 0 Å². The van der Waals surface area contributed by atoms with Gasteiger partial charge in [-0.3, -0.25) is 0 Å². The molecule has 0 aromatic rings. The summed E-state index contributed by atoms with van der Waals surface area (Å²) in [7, 11) is 0. The molecule has 8 heavy (non-hydrogen) atoms. The summed E-state index contributed by atoms with van der Waals surface area (Å²) in [5.41, 5.74) is 0. The van der Waals surface area contributed by atoms with Crippen LogP contribution in [0.25, 0.3) is 0 Å². The van der Waals surface area contributed by atoms with Crippen molar-refractivity contribution in [2.45, 2.75) is 12.7 Å². The lowest BCUT2D eigenvalue weighted by Gasteiger charge is -2.02. The van der Waals surface area contributed by atoms with Gasteiger partial charge in [0, 0.05) is 13.0 Å². The van der Waals surface area contributed by atoms with Gasteiger partial charge in [0.15, 0.2) is 6.29 Å². The second-order valence-electron chi connectivity index (χ2n) is 1.14. The molecular weight excluding hydrogens is 116 g/mol. The van der Waals surface area contributed by atoms with Gasteiger partial charge < -0.3 is 10.2 Å². The standard InChI is InChI=1S/C3H8O5/c4-2-1-3(5)7-8-6/h3-6H,1-2H2. The fraction of sp³-hybridized carbons (Fsp3) is 1.00. The average molecular weight is 124 g/mol. The number of aliphatic hydroxyl groups is 2. The Kier molecular flexibility index (Phi) is 4.82. The highest BCUT2D eigenvalue weighted by Crippen LogP contribution is 1.90. The quantitative estimate of drug-likeness (QED) is 0.257. The van der Waals surface area contributed by atoms with E-state index in [1.54, 1.807) is 0 Å². The van der Waals surface area contributed by atoms with Crippen LogP contribution < -0.4 is 0 Å². The van der Waals surface area contributed by atoms with Crippen molar-refractivity contribution in [1.29, 1.82) is 0 Å². The topological polar surface area (TPSA) is 79.2 Å². The molecule has 0 aromatic heterocycles. The van der Waals surface area contributed by atoms with Gasteiger partial charge in [-0.1, -0.05) is 5.04 Å². The molecule has 0 bridgehead atoms. The van der Waals surface area contributed by atoms with E-state index in [1.807, 2.05) is 0 Å². The van der Waals surface area contributed by atoms with Crippen LogP contribution in [0.15, 0.2) is 0 Å². The van der Waals surface area contributed by atoms with Crippen molar-refractivity contribution in [3.63, 3.8) is 0 Å². The zero-order chi connectivity index (χ0) is 6.41. The van der Waals surface area contributed by atoms with E-state index in [9.17, 15) is 0 Å². The summed E-state index contributed by atoms with van der Waals surface area (Å²) in [6, 6.07) is 0. The Morgan fingerprint density at radius 2 is 2.12 bits per heavy atom. The Labute approximate surface area is 45.9 Å². The third kappa shape index (κ3) is 3.97. The van der Waals surface area contributed by atoms with Crippen LogP contribution in [-0.2, 0) is 9.93 Å². The van der Waals surface area contributed by atoms with Crippen LogP contribution in [-0.4, -0.2) is 28.4 Å². The van der Waals surface area contributed by atoms with Crippen LogP contribution in [0.5, 0.6) is 0 Å². The van der Waals surface area contributed by atoms with Gasteiger partial charge in [-0.2, -0.15) is 4.89 Å². The minimum Gasteiger partial charge on any atom is -0.396 e. The second-order valence-corrected chi connectivity index (χ2v) is 1.14. The van der Waals surface area contributed by atoms with Gasteiger partial charge in [-0.15, -0.1) is 0 Å². The summed E-state index contributed by atoms with van der Waals surface area (Å²) in [5, 5.41) is 27.1. The molecule has 50 valence electrons. The molecule has 0 saturated carbocycles. The summed E-state index contributed by atoms with van der Waals surface area (Å²) in [6.07, 6.45) is -1.24. The molecule has 5 nitrogen and oxygen atoms in total. The molecule has 1 atom stereocenters. The highest BCUT2D eigenvalue weighted by atomic mass is 17.5. The lowest BCUT2D eigenvalue weighted by atomic mass is 10.5. The SMILES string of the molecule is OCCC(O)OOO. The summed E-state index contributed by atoms with van der Waals surface area (Å²) in [4.78, 5) is 3.73. The van der Waals surface area contributed by atoms with Crippen LogP contribution in [0.2, 0.25) is 0 Å². The molecule has 0 aromatic carbocycles. The monoisotopic (exact) mass is 124 g/mol. The summed E-state index contributed by atoms with van der Waals surface area (Å²) in [6.45, 7) is -0.218. The maximum absolute atomic E-state index is 8.38. The molecule has 0 aliphatic rings. The van der Waals surface area contributed by atoms with Gasteiger partial charge in [0.2, 0.25) is 0 Å². The smallest absolute Gasteiger partial charge is 0.194 e. The number of hydrogen-bond acceptors (Lipinski definition) is 5. The van der Waals surface area contributed by atoms with E-state index in [4.69, 9.17) is 15.5 Å². The van der Waals surface area contributed by atoms with Gasteiger partial charge >= 0.3 is 0 Å². The van der Waals surface area contributed by atoms with Crippen molar-refractivity contribution in [3.05, 3.63) is 0 Å². The predicted octanol–water partition coefficient (Wildman–Crippen LogP) is -0.892. The van der Waals surface area contributed by atoms with Crippen molar-refractivity contribution in [3.8, 4) is 0 Å². The van der Waals surface area contributed by atoms with Crippen LogP contribution in [0.3, 0.4) is 0 Å². The van der Waals surface area contributed by atoms with Gasteiger partial charge in [-0.05, 0) is 0 Å². The van der Waals surface area contributed by atoms with Gasteiger partial charge in [0.1, 0.15) is 0 Å². The normalized spacial score (nSPS) is 13.9. The number of rotatable bonds is 4. The van der Waals surface area contributed by atoms with Crippen LogP contribution in [0, 0.1) is 0 Å². The van der Waals surface area contributed by atoms with Crippen molar-refractivity contribution in [2.75, 3.05) is 6.61 Å². The molecule has 0 rings (SSSR count). The lowest BCUT2D eigenvalue weighted by molar-refractivity contribution is -0.527. The van der Waals surface area contributed by atoms with Crippen molar-refractivity contribution < 1.29 is 25.4 Å². The van der Waals surface area contributed by atoms with E-state index in [2.05, 4.69) is 9.93 Å². The number of hydrogen-bond donors (Lipinski definition) is 3. The van der Waals surface area contributed by atoms with E-state index in [-0.39, 0.29) is 13.0 Å². The lowest BCUT2D eigenvalue weighted by Crippen LogP contribution is -2.12. The minimum absolute atomic E-state index is 0.0144. The Bertz CT molecular complexity index is 40.9. The third-order valence-electron chi connectivity index (χ3n) is 0.530. The summed E-state index contributed by atoms with van der Waals surface area (Å²) in [5.74, 6) is 0. The molecule has 0 amide bonds. The van der Waals surface area contributed by atoms with E-state index in [0.717, 1.165) is 0 Å². The molecule has 0 spiro atoms. The molecule has 0 fully saturated rings. The van der Waals surface area contributed by atoms with E-state index in [0.29, 0.717) is 0 Å². The van der Waals surface area contributed by atoms with Gasteiger partial charge in [0.05, 0.1) is 0 Å². The maximum Gasteiger partial charge on any atom is 0.194 e. The van der Waals surface area contributed by atoms with Gasteiger partial charge in [-0.25, -0.2) is 5.26 Å². The van der Waals surface area contributed by atoms with Crippen LogP contribution in [0.1, 0.15) is 6.42 Å². The predicted molar refractivity (Wildman–Crippen MR) is 22.5 cm³/mol. The molecule has 1 unspecified atom stereocenters. The maximum atomic E-state index is 8.38. The fourth-order valence-corrected chi connectivity index (χ4v) is 0.208. The molecule has 0 saturated heterocycles. The Morgan fingerprint density at radius 1 is 1.50 bits per heavy atom. The molecular formula is C3H8O5. The Morgan fingerprint density at radius 3 is 2.50 bits per heavy atom. The Balaban J connectivity index is 2.92. The largest absolute Gasteiger partial charge is 0.396 e. The third-order valence-corrected chi connectivity index (χ3v) is 0.530. The van der Waals surface area contributed by atoms with Crippen LogP contribution in [0.4, 0.5) is 0 Å². The van der Waals surface area contributed by atoms with Gasteiger partial charge in [0.25, 0.3) is 0 Å². The fourth-order valence-electron chi connectivity index (χ4n) is 0.208. The molecule has 0 heterocycles. The Hall–Kier alpha value is -0.200. The van der Waals surface area contributed by atoms with Crippen molar-refractivity contribution >= 4 is 0 Å². The molecule has 0 radical (unpaired) electrons. The minimum atomic E-state index is -1.26. The second kappa shape index (κ2) is 4.95. The molecule has 3 N–H and O–H groups in total. The van der Waals surface area contributed by atoms with Crippen molar-refractivity contribution in [2.24, 2.45) is 0 Å². The van der Waals surface area contributed by atoms with Crippen LogP contribution >= 0.6 is 0 Å². The molecule has 0 aliphatic carbocycles. The molecule has 5 heteroatoms. The first kappa shape index (κ1) is 7.80. The average Bonchev–Trinajstić information content (AvgIpc) is 1.68. The first-order valence-corrected chi connectivity index (χ1v) is 2.07. The highest BCUT2D eigenvalue weighted by Gasteiger charge is 2.01. The van der Waals surface area contributed by atoms with E-state index < -0.39 is 6.29 Å². The summed E-state index contributed by atoms with van der Waals surface area (Å²) < 4.78 is 0. The first-order chi connectivity index (χ1) is 3.81. The van der Waals surface area contributed by atoms with E-state index >= 15 is 0 Å². The first-order valence-electron chi connectivity index (χ1n) is 2.07. The summed E-state index contributed by atoms with van der Waals surface area (Å²) >= 11 is 0. The zero-order valence-electron chi connectivity index (χ0n) is 4.15. The van der Waals surface area contributed by atoms with E-state index in [1.165, 1.54) is 0 Å². The highest BCUT2D eigenvalue weighted by molar-refractivity contribution is 4.32. The molecule has 0 aliphatic heterocycles.